The zero-order valence-electron chi connectivity index (χ0n) is 19.4. The van der Waals surface area contributed by atoms with Gasteiger partial charge in [0.05, 0.1) is 22.8 Å². The van der Waals surface area contributed by atoms with E-state index in [1.165, 1.54) is 18.3 Å². The van der Waals surface area contributed by atoms with Crippen molar-refractivity contribution in [3.05, 3.63) is 77.6 Å². The van der Waals surface area contributed by atoms with Gasteiger partial charge in [0.1, 0.15) is 29.1 Å². The number of alkyl halides is 2. The number of hydrogen-bond acceptors (Lipinski definition) is 5. The number of para-hydroxylation sites is 1. The number of rotatable bonds is 6. The summed E-state index contributed by atoms with van der Waals surface area (Å²) in [6.45, 7) is 0.285. The molecule has 0 bridgehead atoms. The number of fused-ring (bicyclic) bond motifs is 3. The number of methoxy groups -OCH3 is 1. The van der Waals surface area contributed by atoms with E-state index in [1.807, 2.05) is 4.57 Å². The van der Waals surface area contributed by atoms with Crippen molar-refractivity contribution in [2.24, 2.45) is 0 Å². The number of aliphatic hydroxyl groups is 1. The molecule has 1 aliphatic heterocycles. The Morgan fingerprint density at radius 1 is 1.14 bits per heavy atom. The third kappa shape index (κ3) is 4.15. The number of imidazole rings is 1. The third-order valence-corrected chi connectivity index (χ3v) is 6.32. The van der Waals surface area contributed by atoms with Gasteiger partial charge in [-0.05, 0) is 32.0 Å². The second-order valence-electron chi connectivity index (χ2n) is 9.04. The lowest BCUT2D eigenvalue weighted by molar-refractivity contribution is -0.0507. The summed E-state index contributed by atoms with van der Waals surface area (Å²) in [5, 5.41) is 10.2. The van der Waals surface area contributed by atoms with E-state index in [2.05, 4.69) is 9.97 Å². The molecule has 0 amide bonds. The first-order chi connectivity index (χ1) is 16.7. The normalized spacial score (nSPS) is 17.8. The Hall–Kier alpha value is -3.43. The van der Waals surface area contributed by atoms with Crippen molar-refractivity contribution < 1.29 is 27.8 Å². The Bertz CT molecular complexity index is 1380. The lowest BCUT2D eigenvalue weighted by atomic mass is 10.0. The summed E-state index contributed by atoms with van der Waals surface area (Å²) in [4.78, 5) is 8.90. The Kier molecular flexibility index (Phi) is 5.77. The SMILES string of the molecule is CO[C@H]1C[C@@H](c2ccccc2OC(F)F)n2c1nc1cc(F)c(-c3ccc(C(C)(C)O)nc3)cc12. The largest absolute Gasteiger partial charge is 0.434 e. The van der Waals surface area contributed by atoms with Crippen LogP contribution in [0, 0.1) is 5.82 Å². The molecule has 1 N–H and O–H groups in total. The Morgan fingerprint density at radius 2 is 1.91 bits per heavy atom. The topological polar surface area (TPSA) is 69.4 Å². The summed E-state index contributed by atoms with van der Waals surface area (Å²) >= 11 is 0. The van der Waals surface area contributed by atoms with Crippen LogP contribution in [-0.4, -0.2) is 33.4 Å². The smallest absolute Gasteiger partial charge is 0.387 e. The number of hydrogen-bond donors (Lipinski definition) is 1. The average molecular weight is 483 g/mol. The molecule has 2 aromatic heterocycles. The van der Waals surface area contributed by atoms with Crippen molar-refractivity contribution in [2.75, 3.05) is 7.11 Å². The number of halogens is 3. The fraction of sp³-hybridized carbons (Fsp3) is 0.308. The highest BCUT2D eigenvalue weighted by Gasteiger charge is 2.37. The van der Waals surface area contributed by atoms with Crippen molar-refractivity contribution in [3.63, 3.8) is 0 Å². The minimum absolute atomic E-state index is 0.0748. The first-order valence-corrected chi connectivity index (χ1v) is 11.1. The molecule has 0 saturated heterocycles. The Morgan fingerprint density at radius 3 is 2.57 bits per heavy atom. The summed E-state index contributed by atoms with van der Waals surface area (Å²) in [7, 11) is 1.56. The summed E-state index contributed by atoms with van der Waals surface area (Å²) < 4.78 is 53.6. The second kappa shape index (κ2) is 8.66. The number of ether oxygens (including phenoxy) is 2. The summed E-state index contributed by atoms with van der Waals surface area (Å²) in [6, 6.07) is 12.6. The predicted octanol–water partition coefficient (Wildman–Crippen LogP) is 5.75. The number of aromatic nitrogens is 3. The highest BCUT2D eigenvalue weighted by atomic mass is 19.3. The van der Waals surface area contributed by atoms with Crippen molar-refractivity contribution in [2.45, 2.75) is 44.6 Å². The number of nitrogens with zero attached hydrogens (tertiary/aromatic N) is 3. The van der Waals surface area contributed by atoms with E-state index in [4.69, 9.17) is 9.47 Å². The van der Waals surface area contributed by atoms with Gasteiger partial charge in [-0.1, -0.05) is 24.3 Å². The average Bonchev–Trinajstić information content (AvgIpc) is 3.34. The summed E-state index contributed by atoms with van der Waals surface area (Å²) in [6.07, 6.45) is 1.58. The van der Waals surface area contributed by atoms with Crippen molar-refractivity contribution in [1.82, 2.24) is 14.5 Å². The molecule has 3 heterocycles. The monoisotopic (exact) mass is 483 g/mol. The standard InChI is InChI=1S/C26H24F3N3O3/c1-26(2,33)23-9-8-14(13-30-23)16-10-20-18(11-17(16)27)31-24-22(34-3)12-19(32(20)24)15-6-4-5-7-21(15)35-25(28)29/h4-11,13,19,22,25,33H,12H2,1-3H3/t19-,22-/m0/s1. The molecular weight excluding hydrogens is 459 g/mol. The Labute approximate surface area is 200 Å². The molecule has 2 atom stereocenters. The van der Waals surface area contributed by atoms with Gasteiger partial charge in [0, 0.05) is 42.5 Å². The van der Waals surface area contributed by atoms with E-state index in [-0.39, 0.29) is 5.75 Å². The zero-order chi connectivity index (χ0) is 24.9. The van der Waals surface area contributed by atoms with Gasteiger partial charge in [-0.25, -0.2) is 9.37 Å². The molecule has 0 radical (unpaired) electrons. The highest BCUT2D eigenvalue weighted by molar-refractivity contribution is 5.83. The van der Waals surface area contributed by atoms with Gasteiger partial charge < -0.3 is 19.1 Å². The lowest BCUT2D eigenvalue weighted by Gasteiger charge is -2.19. The van der Waals surface area contributed by atoms with Crippen LogP contribution in [0.5, 0.6) is 5.75 Å². The molecular formula is C26H24F3N3O3. The van der Waals surface area contributed by atoms with Gasteiger partial charge in [0.2, 0.25) is 0 Å². The maximum atomic E-state index is 15.1. The van der Waals surface area contributed by atoms with E-state index >= 15 is 4.39 Å². The molecule has 2 aromatic carbocycles. The van der Waals surface area contributed by atoms with Gasteiger partial charge >= 0.3 is 6.61 Å². The quantitative estimate of drug-likeness (QED) is 0.378. The predicted molar refractivity (Wildman–Crippen MR) is 124 cm³/mol. The van der Waals surface area contributed by atoms with Crippen molar-refractivity contribution in [1.29, 1.82) is 0 Å². The van der Waals surface area contributed by atoms with Crippen LogP contribution in [0.3, 0.4) is 0 Å². The number of pyridine rings is 1. The van der Waals surface area contributed by atoms with Crippen LogP contribution in [0.15, 0.2) is 54.7 Å². The van der Waals surface area contributed by atoms with Crippen LogP contribution in [0.25, 0.3) is 22.2 Å². The fourth-order valence-corrected chi connectivity index (χ4v) is 4.67. The molecule has 6 nitrogen and oxygen atoms in total. The van der Waals surface area contributed by atoms with Crippen LogP contribution in [0.1, 0.15) is 49.5 Å². The van der Waals surface area contributed by atoms with E-state index in [1.54, 1.807) is 57.4 Å². The minimum Gasteiger partial charge on any atom is -0.434 e. The molecule has 0 aliphatic carbocycles. The van der Waals surface area contributed by atoms with E-state index in [0.29, 0.717) is 45.7 Å². The van der Waals surface area contributed by atoms with Crippen LogP contribution in [-0.2, 0) is 10.3 Å². The van der Waals surface area contributed by atoms with E-state index in [0.717, 1.165) is 0 Å². The molecule has 5 rings (SSSR count). The van der Waals surface area contributed by atoms with Gasteiger partial charge in [0.25, 0.3) is 0 Å². The molecule has 0 fully saturated rings. The van der Waals surface area contributed by atoms with Gasteiger partial charge in [-0.2, -0.15) is 8.78 Å². The van der Waals surface area contributed by atoms with E-state index in [9.17, 15) is 13.9 Å². The molecule has 0 unspecified atom stereocenters. The Balaban J connectivity index is 1.65. The highest BCUT2D eigenvalue weighted by Crippen LogP contribution is 2.46. The first kappa shape index (κ1) is 23.3. The molecule has 1 aliphatic rings. The molecule has 182 valence electrons. The third-order valence-electron chi connectivity index (χ3n) is 6.32. The first-order valence-electron chi connectivity index (χ1n) is 11.1. The maximum absolute atomic E-state index is 15.1. The number of benzene rings is 2. The van der Waals surface area contributed by atoms with Gasteiger partial charge in [-0.3, -0.25) is 4.98 Å². The minimum atomic E-state index is -2.96. The van der Waals surface area contributed by atoms with Crippen molar-refractivity contribution in [3.8, 4) is 16.9 Å². The van der Waals surface area contributed by atoms with Gasteiger partial charge in [-0.15, -0.1) is 0 Å². The molecule has 9 heteroatoms. The summed E-state index contributed by atoms with van der Waals surface area (Å²) in [5.41, 5.74) is 1.82. The second-order valence-corrected chi connectivity index (χ2v) is 9.04. The van der Waals surface area contributed by atoms with Crippen molar-refractivity contribution >= 4 is 11.0 Å². The van der Waals surface area contributed by atoms with E-state index < -0.39 is 30.2 Å². The van der Waals surface area contributed by atoms with Crippen LogP contribution in [0.4, 0.5) is 13.2 Å². The molecule has 0 spiro atoms. The van der Waals surface area contributed by atoms with Crippen LogP contribution < -0.4 is 4.74 Å². The van der Waals surface area contributed by atoms with Gasteiger partial charge in [0.15, 0.2) is 0 Å². The zero-order valence-corrected chi connectivity index (χ0v) is 19.4. The van der Waals surface area contributed by atoms with Crippen LogP contribution in [0.2, 0.25) is 0 Å². The molecule has 0 saturated carbocycles. The molecule has 4 aromatic rings. The maximum Gasteiger partial charge on any atom is 0.387 e. The lowest BCUT2D eigenvalue weighted by Crippen LogP contribution is -2.17. The fourth-order valence-electron chi connectivity index (χ4n) is 4.67. The summed E-state index contributed by atoms with van der Waals surface area (Å²) in [5.74, 6) is 0.191. The molecule has 35 heavy (non-hydrogen) atoms. The van der Waals surface area contributed by atoms with Crippen LogP contribution >= 0.6 is 0 Å².